The largest absolute Gasteiger partial charge is 0.324 e. The van der Waals surface area contributed by atoms with Crippen LogP contribution in [0.4, 0.5) is 0 Å². The molecule has 1 heterocycles. The Bertz CT molecular complexity index is 508. The van der Waals surface area contributed by atoms with Gasteiger partial charge >= 0.3 is 0 Å². The van der Waals surface area contributed by atoms with Crippen LogP contribution in [0.1, 0.15) is 35.5 Å². The van der Waals surface area contributed by atoms with Crippen molar-refractivity contribution in [3.8, 4) is 0 Å². The molecule has 5 heteroatoms. The van der Waals surface area contributed by atoms with Crippen molar-refractivity contribution >= 4 is 0 Å². The highest BCUT2D eigenvalue weighted by Crippen LogP contribution is 2.36. The molecule has 0 radical (unpaired) electrons. The second-order valence-corrected chi connectivity index (χ2v) is 4.66. The Morgan fingerprint density at radius 2 is 2.17 bits per heavy atom. The summed E-state index contributed by atoms with van der Waals surface area (Å²) in [6, 6.07) is 8.92. The van der Waals surface area contributed by atoms with Crippen LogP contribution in [0.3, 0.4) is 0 Å². The predicted molar refractivity (Wildman–Crippen MR) is 68.8 cm³/mol. The lowest BCUT2D eigenvalue weighted by Gasteiger charge is -2.13. The first kappa shape index (κ1) is 11.4. The zero-order valence-electron chi connectivity index (χ0n) is 10.1. The lowest BCUT2D eigenvalue weighted by Crippen LogP contribution is -2.23. The van der Waals surface area contributed by atoms with E-state index in [0.29, 0.717) is 6.04 Å². The van der Waals surface area contributed by atoms with Crippen LogP contribution in [0.2, 0.25) is 0 Å². The molecule has 1 aromatic carbocycles. The van der Waals surface area contributed by atoms with Crippen LogP contribution in [0.15, 0.2) is 30.6 Å². The smallest absolute Gasteiger partial charge is 0.137 e. The van der Waals surface area contributed by atoms with Crippen LogP contribution in [0.5, 0.6) is 0 Å². The Balaban J connectivity index is 1.61. The van der Waals surface area contributed by atoms with Gasteiger partial charge in [0.1, 0.15) is 12.2 Å². The van der Waals surface area contributed by atoms with Gasteiger partial charge in [0, 0.05) is 25.0 Å². The topological polar surface area (TPSA) is 79.6 Å². The van der Waals surface area contributed by atoms with Gasteiger partial charge in [0.2, 0.25) is 0 Å². The third-order valence-corrected chi connectivity index (χ3v) is 3.48. The molecule has 94 valence electrons. The van der Waals surface area contributed by atoms with Crippen LogP contribution in [0, 0.1) is 0 Å². The van der Waals surface area contributed by atoms with E-state index in [0.717, 1.165) is 25.2 Å². The van der Waals surface area contributed by atoms with Gasteiger partial charge in [-0.1, -0.05) is 24.3 Å². The Kier molecular flexibility index (Phi) is 3.08. The van der Waals surface area contributed by atoms with Crippen molar-refractivity contribution in [2.45, 2.75) is 24.9 Å². The molecule has 5 nitrogen and oxygen atoms in total. The third kappa shape index (κ3) is 2.14. The molecular formula is C13H17N5. The van der Waals surface area contributed by atoms with E-state index < -0.39 is 0 Å². The van der Waals surface area contributed by atoms with Crippen molar-refractivity contribution in [3.63, 3.8) is 0 Å². The summed E-state index contributed by atoms with van der Waals surface area (Å²) >= 11 is 0. The van der Waals surface area contributed by atoms with E-state index in [1.54, 1.807) is 0 Å². The van der Waals surface area contributed by atoms with E-state index in [4.69, 9.17) is 5.73 Å². The first-order valence-corrected chi connectivity index (χ1v) is 6.26. The molecule has 2 unspecified atom stereocenters. The van der Waals surface area contributed by atoms with Crippen LogP contribution in [0.25, 0.3) is 0 Å². The Morgan fingerprint density at radius 3 is 2.94 bits per heavy atom. The number of hydrogen-bond donors (Lipinski definition) is 3. The summed E-state index contributed by atoms with van der Waals surface area (Å²) in [5.41, 5.74) is 8.74. The molecule has 18 heavy (non-hydrogen) atoms. The number of benzene rings is 1. The quantitative estimate of drug-likeness (QED) is 0.750. The molecule has 1 aliphatic rings. The number of nitrogens with zero attached hydrogens (tertiary/aromatic N) is 2. The van der Waals surface area contributed by atoms with Crippen LogP contribution in [-0.2, 0) is 6.42 Å². The minimum absolute atomic E-state index is 0.156. The lowest BCUT2D eigenvalue weighted by atomic mass is 10.1. The standard InChI is InChI=1S/C13H17N5/c14-11-7-12(10-4-2-1-3-9(10)11)15-6-5-13-16-8-17-18-13/h1-4,8,11-12,15H,5-7,14H2,(H,16,17,18). The molecule has 0 saturated heterocycles. The summed E-state index contributed by atoms with van der Waals surface area (Å²) in [5, 5.41) is 10.2. The molecule has 3 rings (SSSR count). The number of aromatic nitrogens is 3. The van der Waals surface area contributed by atoms with Gasteiger partial charge in [0.25, 0.3) is 0 Å². The number of hydrogen-bond acceptors (Lipinski definition) is 4. The highest BCUT2D eigenvalue weighted by Gasteiger charge is 2.27. The lowest BCUT2D eigenvalue weighted by molar-refractivity contribution is 0.499. The first-order valence-electron chi connectivity index (χ1n) is 6.26. The Morgan fingerprint density at radius 1 is 1.33 bits per heavy atom. The maximum Gasteiger partial charge on any atom is 0.137 e. The van der Waals surface area contributed by atoms with Gasteiger partial charge in [0.05, 0.1) is 0 Å². The second kappa shape index (κ2) is 4.88. The molecule has 2 atom stereocenters. The van der Waals surface area contributed by atoms with Crippen LogP contribution in [-0.4, -0.2) is 21.7 Å². The molecule has 0 saturated carbocycles. The van der Waals surface area contributed by atoms with Crippen LogP contribution < -0.4 is 11.1 Å². The first-order chi connectivity index (χ1) is 8.84. The van der Waals surface area contributed by atoms with Crippen molar-refractivity contribution in [2.75, 3.05) is 6.54 Å². The van der Waals surface area contributed by atoms with Crippen LogP contribution >= 0.6 is 0 Å². The number of rotatable bonds is 4. The minimum atomic E-state index is 0.156. The highest BCUT2D eigenvalue weighted by atomic mass is 15.2. The molecule has 0 amide bonds. The van der Waals surface area contributed by atoms with Crippen molar-refractivity contribution in [1.82, 2.24) is 20.5 Å². The summed E-state index contributed by atoms with van der Waals surface area (Å²) in [4.78, 5) is 4.11. The van der Waals surface area contributed by atoms with E-state index in [9.17, 15) is 0 Å². The summed E-state index contributed by atoms with van der Waals surface area (Å²) < 4.78 is 0. The average molecular weight is 243 g/mol. The van der Waals surface area contributed by atoms with Gasteiger partial charge in [-0.25, -0.2) is 4.98 Å². The monoisotopic (exact) mass is 243 g/mol. The van der Waals surface area contributed by atoms with Gasteiger partial charge < -0.3 is 11.1 Å². The molecule has 0 bridgehead atoms. The Labute approximate surface area is 106 Å². The number of aromatic amines is 1. The van der Waals surface area contributed by atoms with Gasteiger partial charge in [0.15, 0.2) is 0 Å². The summed E-state index contributed by atoms with van der Waals surface area (Å²) in [5.74, 6) is 0.915. The van der Waals surface area contributed by atoms with Crippen molar-refractivity contribution in [1.29, 1.82) is 0 Å². The fourth-order valence-corrected chi connectivity index (χ4v) is 2.58. The van der Waals surface area contributed by atoms with E-state index >= 15 is 0 Å². The maximum absolute atomic E-state index is 6.13. The fourth-order valence-electron chi connectivity index (χ4n) is 2.58. The van der Waals surface area contributed by atoms with Crippen molar-refractivity contribution < 1.29 is 0 Å². The van der Waals surface area contributed by atoms with Gasteiger partial charge in [-0.15, -0.1) is 0 Å². The molecule has 0 spiro atoms. The molecule has 0 fully saturated rings. The maximum atomic E-state index is 6.13. The van der Waals surface area contributed by atoms with Gasteiger partial charge in [-0.05, 0) is 17.5 Å². The van der Waals surface area contributed by atoms with E-state index in [1.165, 1.54) is 17.5 Å². The molecule has 1 aromatic heterocycles. The SMILES string of the molecule is NC1CC(NCCc2ncn[nH]2)c2ccccc21. The molecule has 1 aliphatic carbocycles. The molecule has 2 aromatic rings. The summed E-state index contributed by atoms with van der Waals surface area (Å²) in [7, 11) is 0. The average Bonchev–Trinajstić information content (AvgIpc) is 3.00. The minimum Gasteiger partial charge on any atom is -0.324 e. The molecule has 0 aliphatic heterocycles. The number of nitrogens with two attached hydrogens (primary N) is 1. The molecule has 4 N–H and O–H groups in total. The normalized spacial score (nSPS) is 22.1. The van der Waals surface area contributed by atoms with Gasteiger partial charge in [-0.2, -0.15) is 5.10 Å². The van der Waals surface area contributed by atoms with Gasteiger partial charge in [-0.3, -0.25) is 5.10 Å². The summed E-state index contributed by atoms with van der Waals surface area (Å²) in [6.07, 6.45) is 3.36. The zero-order chi connectivity index (χ0) is 12.4. The summed E-state index contributed by atoms with van der Waals surface area (Å²) in [6.45, 7) is 0.876. The number of fused-ring (bicyclic) bond motifs is 1. The van der Waals surface area contributed by atoms with Crippen molar-refractivity contribution in [3.05, 3.63) is 47.5 Å². The number of H-pyrrole nitrogens is 1. The van der Waals surface area contributed by atoms with Crippen molar-refractivity contribution in [2.24, 2.45) is 5.73 Å². The van der Waals surface area contributed by atoms with E-state index in [1.807, 2.05) is 0 Å². The second-order valence-electron chi connectivity index (χ2n) is 4.66. The van der Waals surface area contributed by atoms with E-state index in [-0.39, 0.29) is 6.04 Å². The fraction of sp³-hybridized carbons (Fsp3) is 0.385. The Hall–Kier alpha value is -1.72. The zero-order valence-corrected chi connectivity index (χ0v) is 10.1. The number of nitrogens with one attached hydrogen (secondary N) is 2. The predicted octanol–water partition coefficient (Wildman–Crippen LogP) is 1.08. The van der Waals surface area contributed by atoms with E-state index in [2.05, 4.69) is 44.8 Å². The highest BCUT2D eigenvalue weighted by molar-refractivity contribution is 5.37. The molecular weight excluding hydrogens is 226 g/mol. The third-order valence-electron chi connectivity index (χ3n) is 3.48.